The van der Waals surface area contributed by atoms with E-state index in [0.717, 1.165) is 25.9 Å². The number of nitrogens with one attached hydrogen (secondary N) is 1. The molecule has 152 valence electrons. The van der Waals surface area contributed by atoms with Crippen molar-refractivity contribution in [3.05, 3.63) is 65.0 Å². The summed E-state index contributed by atoms with van der Waals surface area (Å²) in [4.78, 5) is 12.4. The highest BCUT2D eigenvalue weighted by Gasteiger charge is 2.23. The Kier molecular flexibility index (Phi) is 6.22. The summed E-state index contributed by atoms with van der Waals surface area (Å²) in [5, 5.41) is 19.0. The number of hydrogen-bond donors (Lipinski definition) is 2. The minimum atomic E-state index is -0.300. The molecule has 0 saturated carbocycles. The molecule has 0 radical (unpaired) electrons. The average Bonchev–Trinajstić information content (AvgIpc) is 3.41. The number of aromatic nitrogens is 1. The number of aliphatic hydroxyl groups is 1. The first-order chi connectivity index (χ1) is 14.2. The first-order valence-electron chi connectivity index (χ1n) is 10.2. The van der Waals surface area contributed by atoms with Crippen molar-refractivity contribution in [2.75, 3.05) is 19.8 Å². The Bertz CT molecular complexity index is 976. The molecule has 2 aromatic carbocycles. The minimum absolute atomic E-state index is 0.187. The lowest BCUT2D eigenvalue weighted by Crippen LogP contribution is -2.30. The Morgan fingerprint density at radius 2 is 2.03 bits per heavy atom. The molecule has 1 aliphatic heterocycles. The van der Waals surface area contributed by atoms with Gasteiger partial charge in [0.05, 0.1) is 18.8 Å². The van der Waals surface area contributed by atoms with Gasteiger partial charge in [-0.15, -0.1) is 0 Å². The van der Waals surface area contributed by atoms with E-state index in [4.69, 9.17) is 9.26 Å². The van der Waals surface area contributed by atoms with E-state index in [9.17, 15) is 9.90 Å². The number of aryl methyl sites for hydroxylation is 2. The van der Waals surface area contributed by atoms with Crippen molar-refractivity contribution in [1.29, 1.82) is 0 Å². The lowest BCUT2D eigenvalue weighted by atomic mass is 10.0. The number of ether oxygens (including phenoxy) is 1. The van der Waals surface area contributed by atoms with Crippen molar-refractivity contribution < 1.29 is 19.2 Å². The lowest BCUT2D eigenvalue weighted by Gasteiger charge is -2.08. The summed E-state index contributed by atoms with van der Waals surface area (Å²) in [5.74, 6) is 0.623. The molecule has 1 aromatic heterocycles. The van der Waals surface area contributed by atoms with Crippen LogP contribution >= 0.6 is 0 Å². The molecule has 29 heavy (non-hydrogen) atoms. The molecule has 1 fully saturated rings. The van der Waals surface area contributed by atoms with E-state index < -0.39 is 0 Å². The van der Waals surface area contributed by atoms with E-state index in [1.807, 2.05) is 12.1 Å². The Morgan fingerprint density at radius 3 is 2.83 bits per heavy atom. The smallest absolute Gasteiger partial charge is 0.273 e. The summed E-state index contributed by atoms with van der Waals surface area (Å²) in [7, 11) is 0. The van der Waals surface area contributed by atoms with Gasteiger partial charge in [-0.2, -0.15) is 0 Å². The maximum Gasteiger partial charge on any atom is 0.273 e. The quantitative estimate of drug-likeness (QED) is 0.613. The van der Waals surface area contributed by atoms with Crippen LogP contribution in [0.25, 0.3) is 10.8 Å². The second-order valence-electron chi connectivity index (χ2n) is 7.57. The summed E-state index contributed by atoms with van der Waals surface area (Å²) < 4.78 is 10.7. The van der Waals surface area contributed by atoms with Crippen LogP contribution in [0.15, 0.2) is 47.0 Å². The van der Waals surface area contributed by atoms with Gasteiger partial charge in [0.25, 0.3) is 5.91 Å². The second-order valence-corrected chi connectivity index (χ2v) is 7.57. The van der Waals surface area contributed by atoms with Crippen LogP contribution in [-0.2, 0) is 24.2 Å². The van der Waals surface area contributed by atoms with Crippen LogP contribution < -0.4 is 5.32 Å². The summed E-state index contributed by atoms with van der Waals surface area (Å²) in [6.07, 6.45) is 3.31. The van der Waals surface area contributed by atoms with Crippen molar-refractivity contribution in [3.8, 4) is 0 Å². The third-order valence-corrected chi connectivity index (χ3v) is 5.50. The molecule has 4 rings (SSSR count). The molecule has 2 heterocycles. The predicted octanol–water partition coefficient (Wildman–Crippen LogP) is 3.26. The molecule has 6 nitrogen and oxygen atoms in total. The molecule has 1 saturated heterocycles. The molecule has 1 unspecified atom stereocenters. The third-order valence-electron chi connectivity index (χ3n) is 5.50. The summed E-state index contributed by atoms with van der Waals surface area (Å²) in [6, 6.07) is 14.8. The zero-order valence-electron chi connectivity index (χ0n) is 16.4. The number of carbonyl (C=O) groups excluding carboxylic acids is 1. The molecule has 1 amide bonds. The molecule has 1 aliphatic rings. The van der Waals surface area contributed by atoms with Gasteiger partial charge >= 0.3 is 0 Å². The standard InChI is InChI=1S/C23H26N2O4/c26-14-20-21(29-25-22(20)23(27)24-13-17-10-11-28-15-17)7-3-4-16-8-9-18-5-1-2-6-19(18)12-16/h1-2,5-6,8-9,12,17,26H,3-4,7,10-11,13-15H2,(H,24,27). The number of hydrogen-bond acceptors (Lipinski definition) is 5. The van der Waals surface area contributed by atoms with E-state index in [0.29, 0.717) is 36.8 Å². The predicted molar refractivity (Wildman–Crippen MR) is 110 cm³/mol. The van der Waals surface area contributed by atoms with Gasteiger partial charge in [0.2, 0.25) is 0 Å². The Labute approximate surface area is 169 Å². The number of rotatable bonds is 8. The first-order valence-corrected chi connectivity index (χ1v) is 10.2. The highest BCUT2D eigenvalue weighted by atomic mass is 16.5. The van der Waals surface area contributed by atoms with Crippen molar-refractivity contribution in [1.82, 2.24) is 10.5 Å². The lowest BCUT2D eigenvalue weighted by molar-refractivity contribution is 0.0933. The molecule has 6 heteroatoms. The van der Waals surface area contributed by atoms with Crippen LogP contribution in [0, 0.1) is 5.92 Å². The molecule has 3 aromatic rings. The molecule has 2 N–H and O–H groups in total. The monoisotopic (exact) mass is 394 g/mol. The fourth-order valence-electron chi connectivity index (χ4n) is 3.79. The van der Waals surface area contributed by atoms with Crippen LogP contribution in [0.3, 0.4) is 0 Å². The van der Waals surface area contributed by atoms with E-state index in [1.165, 1.54) is 16.3 Å². The highest BCUT2D eigenvalue weighted by molar-refractivity contribution is 5.93. The first kappa shape index (κ1) is 19.6. The van der Waals surface area contributed by atoms with Gasteiger partial charge in [-0.1, -0.05) is 47.6 Å². The van der Waals surface area contributed by atoms with Gasteiger partial charge in [0.1, 0.15) is 5.76 Å². The van der Waals surface area contributed by atoms with Gasteiger partial charge < -0.3 is 19.7 Å². The highest BCUT2D eigenvalue weighted by Crippen LogP contribution is 2.20. The molecular weight excluding hydrogens is 368 g/mol. The number of benzene rings is 2. The zero-order chi connectivity index (χ0) is 20.1. The van der Waals surface area contributed by atoms with E-state index >= 15 is 0 Å². The fraction of sp³-hybridized carbons (Fsp3) is 0.391. The van der Waals surface area contributed by atoms with Crippen molar-refractivity contribution in [3.63, 3.8) is 0 Å². The largest absolute Gasteiger partial charge is 0.391 e. The molecular formula is C23H26N2O4. The summed E-state index contributed by atoms with van der Waals surface area (Å²) >= 11 is 0. The zero-order valence-corrected chi connectivity index (χ0v) is 16.4. The molecule has 0 bridgehead atoms. The van der Waals surface area contributed by atoms with Crippen molar-refractivity contribution in [2.24, 2.45) is 5.92 Å². The number of amides is 1. The third kappa shape index (κ3) is 4.66. The second kappa shape index (κ2) is 9.20. The van der Waals surface area contributed by atoms with Crippen LogP contribution in [-0.4, -0.2) is 35.9 Å². The van der Waals surface area contributed by atoms with Crippen LogP contribution in [0.4, 0.5) is 0 Å². The number of fused-ring (bicyclic) bond motifs is 1. The number of nitrogens with zero attached hydrogens (tertiary/aromatic N) is 1. The normalized spacial score (nSPS) is 16.4. The van der Waals surface area contributed by atoms with Gasteiger partial charge in [-0.05, 0) is 35.6 Å². The average molecular weight is 394 g/mol. The number of carbonyl (C=O) groups is 1. The summed E-state index contributed by atoms with van der Waals surface area (Å²) in [6.45, 7) is 1.71. The minimum Gasteiger partial charge on any atom is -0.391 e. The maximum absolute atomic E-state index is 12.4. The van der Waals surface area contributed by atoms with E-state index in [2.05, 4.69) is 40.8 Å². The van der Waals surface area contributed by atoms with Crippen LogP contribution in [0.5, 0.6) is 0 Å². The van der Waals surface area contributed by atoms with Crippen molar-refractivity contribution >= 4 is 16.7 Å². The van der Waals surface area contributed by atoms with Gasteiger partial charge in [0, 0.05) is 25.5 Å². The van der Waals surface area contributed by atoms with Gasteiger partial charge in [-0.3, -0.25) is 4.79 Å². The Morgan fingerprint density at radius 1 is 1.17 bits per heavy atom. The number of aliphatic hydroxyl groups excluding tert-OH is 1. The SMILES string of the molecule is O=C(NCC1CCOC1)c1noc(CCCc2ccc3ccccc3c2)c1CO. The van der Waals surface area contributed by atoms with Crippen LogP contribution in [0.2, 0.25) is 0 Å². The topological polar surface area (TPSA) is 84.6 Å². The van der Waals surface area contributed by atoms with Crippen molar-refractivity contribution in [2.45, 2.75) is 32.3 Å². The van der Waals surface area contributed by atoms with E-state index in [-0.39, 0.29) is 18.2 Å². The van der Waals surface area contributed by atoms with E-state index in [1.54, 1.807) is 0 Å². The molecule has 0 spiro atoms. The van der Waals surface area contributed by atoms with Crippen LogP contribution in [0.1, 0.15) is 40.2 Å². The maximum atomic E-state index is 12.4. The Hall–Kier alpha value is -2.70. The van der Waals surface area contributed by atoms with Gasteiger partial charge in [-0.25, -0.2) is 0 Å². The summed E-state index contributed by atoms with van der Waals surface area (Å²) in [5.41, 5.74) is 1.93. The fourth-order valence-corrected chi connectivity index (χ4v) is 3.79. The van der Waals surface area contributed by atoms with Gasteiger partial charge in [0.15, 0.2) is 5.69 Å². The molecule has 1 atom stereocenters. The molecule has 0 aliphatic carbocycles. The Balaban J connectivity index is 1.35.